The number of hydrogen-bond acceptors (Lipinski definition) is 2. The van der Waals surface area contributed by atoms with E-state index >= 15 is 0 Å². The zero-order valence-electron chi connectivity index (χ0n) is 6.77. The molecule has 0 bridgehead atoms. The second-order valence-electron chi connectivity index (χ2n) is 2.43. The summed E-state index contributed by atoms with van der Waals surface area (Å²) in [6.07, 6.45) is -3.03. The van der Waals surface area contributed by atoms with E-state index in [4.69, 9.17) is 5.26 Å². The van der Waals surface area contributed by atoms with Gasteiger partial charge in [-0.15, -0.1) is 0 Å². The van der Waals surface area contributed by atoms with Crippen molar-refractivity contribution in [1.82, 2.24) is 4.98 Å². The van der Waals surface area contributed by atoms with Gasteiger partial charge in [-0.25, -0.2) is 13.8 Å². The number of nitriles is 1. The van der Waals surface area contributed by atoms with E-state index in [9.17, 15) is 13.2 Å². The van der Waals surface area contributed by atoms with Crippen LogP contribution < -0.4 is 0 Å². The average molecular weight is 265 g/mol. The molecule has 0 aromatic carbocycles. The zero-order valence-corrected chi connectivity index (χ0v) is 8.35. The lowest BCUT2D eigenvalue weighted by Gasteiger charge is -2.04. The molecule has 0 saturated heterocycles. The molecule has 1 rings (SSSR count). The van der Waals surface area contributed by atoms with Crippen molar-refractivity contribution in [2.24, 2.45) is 0 Å². The molecule has 1 aromatic heterocycles. The van der Waals surface area contributed by atoms with Gasteiger partial charge in [0.2, 0.25) is 5.95 Å². The molecule has 0 unspecified atom stereocenters. The molecule has 0 spiro atoms. The maximum absolute atomic E-state index is 13.0. The Morgan fingerprint density at radius 1 is 1.57 bits per heavy atom. The number of hydrogen-bond donors (Lipinski definition) is 0. The first-order valence-electron chi connectivity index (χ1n) is 3.56. The molecule has 14 heavy (non-hydrogen) atoms. The summed E-state index contributed by atoms with van der Waals surface area (Å²) in [5.74, 6) is -1.03. The van der Waals surface area contributed by atoms with Gasteiger partial charge in [0.25, 0.3) is 6.43 Å². The highest BCUT2D eigenvalue weighted by Gasteiger charge is 2.15. The van der Waals surface area contributed by atoms with Gasteiger partial charge in [-0.2, -0.15) is 9.65 Å². The van der Waals surface area contributed by atoms with Crippen LogP contribution in [0.1, 0.15) is 17.7 Å². The van der Waals surface area contributed by atoms with Gasteiger partial charge in [-0.05, 0) is 6.07 Å². The molecular weight excluding hydrogens is 261 g/mol. The van der Waals surface area contributed by atoms with Crippen LogP contribution in [0.3, 0.4) is 0 Å². The third-order valence-electron chi connectivity index (χ3n) is 1.52. The van der Waals surface area contributed by atoms with Crippen LogP contribution >= 0.6 is 15.9 Å². The summed E-state index contributed by atoms with van der Waals surface area (Å²) in [6, 6.07) is 2.73. The molecule has 2 nitrogen and oxygen atoms in total. The minimum absolute atomic E-state index is 0.00287. The molecule has 0 saturated carbocycles. The van der Waals surface area contributed by atoms with Crippen molar-refractivity contribution < 1.29 is 13.2 Å². The van der Waals surface area contributed by atoms with E-state index in [0.717, 1.165) is 6.07 Å². The van der Waals surface area contributed by atoms with Crippen molar-refractivity contribution in [3.8, 4) is 6.07 Å². The molecule has 0 amide bonds. The van der Waals surface area contributed by atoms with Crippen LogP contribution in [0.5, 0.6) is 0 Å². The van der Waals surface area contributed by atoms with Crippen molar-refractivity contribution in [3.63, 3.8) is 0 Å². The highest BCUT2D eigenvalue weighted by Crippen LogP contribution is 2.25. The topological polar surface area (TPSA) is 36.7 Å². The number of halogens is 4. The van der Waals surface area contributed by atoms with Gasteiger partial charge in [0.1, 0.15) is 5.69 Å². The smallest absolute Gasteiger partial charge is 0.218 e. The molecule has 0 aliphatic heterocycles. The van der Waals surface area contributed by atoms with E-state index in [-0.39, 0.29) is 16.5 Å². The lowest BCUT2D eigenvalue weighted by molar-refractivity contribution is 0.144. The summed E-state index contributed by atoms with van der Waals surface area (Å²) in [5.41, 5.74) is -0.645. The second-order valence-corrected chi connectivity index (χ2v) is 3.29. The normalized spacial score (nSPS) is 10.3. The molecule has 0 aliphatic rings. The predicted octanol–water partition coefficient (Wildman–Crippen LogP) is 2.99. The van der Waals surface area contributed by atoms with Gasteiger partial charge < -0.3 is 0 Å². The van der Waals surface area contributed by atoms with Gasteiger partial charge in [0.15, 0.2) is 0 Å². The molecule has 0 aliphatic carbocycles. The molecule has 1 aromatic rings. The summed E-state index contributed by atoms with van der Waals surface area (Å²) in [7, 11) is 0. The lowest BCUT2D eigenvalue weighted by Crippen LogP contribution is -2.00. The first kappa shape index (κ1) is 11.0. The molecule has 6 heteroatoms. The Kier molecular flexibility index (Phi) is 3.47. The molecule has 74 valence electrons. The molecule has 0 fully saturated rings. The summed E-state index contributed by atoms with van der Waals surface area (Å²) >= 11 is 2.90. The van der Waals surface area contributed by atoms with E-state index < -0.39 is 18.1 Å². The Bertz CT molecular complexity index is 364. The maximum Gasteiger partial charge on any atom is 0.280 e. The van der Waals surface area contributed by atoms with Crippen molar-refractivity contribution in [2.45, 2.75) is 12.8 Å². The average Bonchev–Trinajstić information content (AvgIpc) is 2.10. The number of nitrogens with zero attached hydrogens (tertiary/aromatic N) is 2. The Morgan fingerprint density at radius 3 is 2.64 bits per heavy atom. The number of rotatable bonds is 2. The predicted molar refractivity (Wildman–Crippen MR) is 46.2 cm³/mol. The Morgan fingerprint density at radius 2 is 2.21 bits per heavy atom. The standard InChI is InChI=1S/C8H4BrF3N2/c9-5-3-6(7(10)11)14-8(12)4(5)1-2-13/h3,7H,1H2. The van der Waals surface area contributed by atoms with Crippen LogP contribution in [0.4, 0.5) is 13.2 Å². The maximum atomic E-state index is 13.0. The number of alkyl halides is 2. The largest absolute Gasteiger partial charge is 0.280 e. The lowest BCUT2D eigenvalue weighted by atomic mass is 10.2. The van der Waals surface area contributed by atoms with E-state index in [1.807, 2.05) is 0 Å². The third-order valence-corrected chi connectivity index (χ3v) is 2.23. The minimum Gasteiger partial charge on any atom is -0.218 e. The monoisotopic (exact) mass is 264 g/mol. The number of pyridine rings is 1. The fraction of sp³-hybridized carbons (Fsp3) is 0.250. The first-order valence-corrected chi connectivity index (χ1v) is 4.35. The van der Waals surface area contributed by atoms with Crippen LogP contribution in [-0.4, -0.2) is 4.98 Å². The Labute approximate surface area is 86.5 Å². The summed E-state index contributed by atoms with van der Waals surface area (Å²) in [6.45, 7) is 0. The van der Waals surface area contributed by atoms with E-state index in [1.54, 1.807) is 6.07 Å². The van der Waals surface area contributed by atoms with Crippen molar-refractivity contribution in [3.05, 3.63) is 27.7 Å². The zero-order chi connectivity index (χ0) is 10.7. The van der Waals surface area contributed by atoms with E-state index in [2.05, 4.69) is 20.9 Å². The van der Waals surface area contributed by atoms with E-state index in [0.29, 0.717) is 0 Å². The van der Waals surface area contributed by atoms with E-state index in [1.165, 1.54) is 0 Å². The van der Waals surface area contributed by atoms with Crippen LogP contribution in [0.25, 0.3) is 0 Å². The van der Waals surface area contributed by atoms with Crippen LogP contribution in [0.15, 0.2) is 10.5 Å². The molecule has 0 atom stereocenters. The van der Waals surface area contributed by atoms with Crippen molar-refractivity contribution in [1.29, 1.82) is 5.26 Å². The fourth-order valence-corrected chi connectivity index (χ4v) is 1.42. The summed E-state index contributed by atoms with van der Waals surface area (Å²) < 4.78 is 37.4. The molecule has 1 heterocycles. The van der Waals surface area contributed by atoms with Crippen molar-refractivity contribution >= 4 is 15.9 Å². The van der Waals surface area contributed by atoms with Crippen LogP contribution in [0, 0.1) is 17.3 Å². The van der Waals surface area contributed by atoms with Gasteiger partial charge in [-0.3, -0.25) is 0 Å². The minimum atomic E-state index is -2.82. The Balaban J connectivity index is 3.19. The molecule has 0 radical (unpaired) electrons. The third kappa shape index (κ3) is 2.23. The van der Waals surface area contributed by atoms with Gasteiger partial charge in [0, 0.05) is 10.0 Å². The second kappa shape index (κ2) is 4.42. The van der Waals surface area contributed by atoms with Gasteiger partial charge in [0.05, 0.1) is 12.5 Å². The quantitative estimate of drug-likeness (QED) is 0.771. The number of aromatic nitrogens is 1. The summed E-state index contributed by atoms with van der Waals surface area (Å²) in [5, 5.41) is 8.33. The van der Waals surface area contributed by atoms with Gasteiger partial charge >= 0.3 is 0 Å². The van der Waals surface area contributed by atoms with Crippen LogP contribution in [-0.2, 0) is 6.42 Å². The SMILES string of the molecule is N#CCc1c(Br)cc(C(F)F)nc1F. The molecule has 0 N–H and O–H groups in total. The van der Waals surface area contributed by atoms with Gasteiger partial charge in [-0.1, -0.05) is 15.9 Å². The Hall–Kier alpha value is -1.09. The first-order chi connectivity index (χ1) is 6.56. The van der Waals surface area contributed by atoms with Crippen molar-refractivity contribution in [2.75, 3.05) is 0 Å². The fourth-order valence-electron chi connectivity index (χ4n) is 0.877. The summed E-state index contributed by atoms with van der Waals surface area (Å²) in [4.78, 5) is 3.05. The van der Waals surface area contributed by atoms with Crippen LogP contribution in [0.2, 0.25) is 0 Å². The highest BCUT2D eigenvalue weighted by atomic mass is 79.9. The highest BCUT2D eigenvalue weighted by molar-refractivity contribution is 9.10. The molecular formula is C8H4BrF3N2.